The van der Waals surface area contributed by atoms with E-state index < -0.39 is 0 Å². The van der Waals surface area contributed by atoms with Gasteiger partial charge in [-0.1, -0.05) is 26.7 Å². The number of hydrogen-bond donors (Lipinski definition) is 0. The number of nitrogens with zero attached hydrogens (tertiary/aromatic N) is 6. The Morgan fingerprint density at radius 2 is 1.40 bits per heavy atom. The second kappa shape index (κ2) is 10.2. The number of unbranched alkanes of at least 4 members (excludes halogenated alkanes) is 2. The standard InChI is InChI=1S/C24H26N6/c1-3-5-15-27-23-29(16-6-4-2)24(28-21-11-7-19(17-25)8-12-21)30(23)22-13-9-20(18-26)10-14-22/h7-14H,3-6,15-16H2,1-2H3. The topological polar surface area (TPSA) is 78.8 Å². The molecule has 0 unspecified atom stereocenters. The first-order valence-electron chi connectivity index (χ1n) is 10.4. The van der Waals surface area contributed by atoms with Crippen LogP contribution < -0.4 is 4.90 Å². The number of aliphatic imine (C=N–C) groups is 2. The minimum atomic E-state index is 0.612. The van der Waals surface area contributed by atoms with Gasteiger partial charge in [-0.15, -0.1) is 0 Å². The minimum absolute atomic E-state index is 0.612. The van der Waals surface area contributed by atoms with Crippen molar-refractivity contribution in [2.45, 2.75) is 39.5 Å². The Morgan fingerprint density at radius 3 is 1.97 bits per heavy atom. The Labute approximate surface area is 178 Å². The lowest BCUT2D eigenvalue weighted by Gasteiger charge is -2.46. The zero-order chi connectivity index (χ0) is 21.3. The van der Waals surface area contributed by atoms with Crippen molar-refractivity contribution in [2.24, 2.45) is 9.98 Å². The molecule has 0 radical (unpaired) electrons. The quantitative estimate of drug-likeness (QED) is 0.573. The fourth-order valence-corrected chi connectivity index (χ4v) is 3.14. The van der Waals surface area contributed by atoms with Gasteiger partial charge in [-0.2, -0.15) is 10.5 Å². The average Bonchev–Trinajstić information content (AvgIpc) is 2.79. The maximum atomic E-state index is 9.12. The molecule has 6 heteroatoms. The Morgan fingerprint density at radius 1 is 0.800 bits per heavy atom. The zero-order valence-corrected chi connectivity index (χ0v) is 17.5. The molecule has 0 N–H and O–H groups in total. The predicted molar refractivity (Wildman–Crippen MR) is 121 cm³/mol. The second-order valence-corrected chi connectivity index (χ2v) is 7.11. The van der Waals surface area contributed by atoms with Crippen molar-refractivity contribution in [3.05, 3.63) is 59.7 Å². The molecular weight excluding hydrogens is 372 g/mol. The molecule has 0 aliphatic carbocycles. The number of anilines is 1. The van der Waals surface area contributed by atoms with Gasteiger partial charge in [0.05, 0.1) is 34.6 Å². The van der Waals surface area contributed by atoms with Gasteiger partial charge < -0.3 is 0 Å². The van der Waals surface area contributed by atoms with E-state index in [0.29, 0.717) is 11.1 Å². The first-order valence-corrected chi connectivity index (χ1v) is 10.4. The first kappa shape index (κ1) is 21.1. The van der Waals surface area contributed by atoms with Crippen LogP contribution in [0.3, 0.4) is 0 Å². The second-order valence-electron chi connectivity index (χ2n) is 7.11. The van der Waals surface area contributed by atoms with Gasteiger partial charge in [-0.05, 0) is 61.4 Å². The van der Waals surface area contributed by atoms with Crippen molar-refractivity contribution in [3.63, 3.8) is 0 Å². The van der Waals surface area contributed by atoms with Crippen LogP contribution in [0, 0.1) is 22.7 Å². The summed E-state index contributed by atoms with van der Waals surface area (Å²) in [7, 11) is 0. The van der Waals surface area contributed by atoms with Crippen LogP contribution in [0.15, 0.2) is 58.5 Å². The molecule has 152 valence electrons. The van der Waals surface area contributed by atoms with E-state index in [2.05, 4.69) is 30.9 Å². The SMILES string of the molecule is CCCCN=C1N(CCCC)C(=Nc2ccc(C#N)cc2)N1c1ccc(C#N)cc1. The Hall–Kier alpha value is -3.64. The largest absolute Gasteiger partial charge is 0.281 e. The number of benzene rings is 2. The van der Waals surface area contributed by atoms with Crippen LogP contribution in [0.2, 0.25) is 0 Å². The first-order chi connectivity index (χ1) is 14.7. The lowest BCUT2D eigenvalue weighted by Crippen LogP contribution is -2.66. The van der Waals surface area contributed by atoms with Crippen LogP contribution in [0.1, 0.15) is 50.7 Å². The van der Waals surface area contributed by atoms with Gasteiger partial charge in [-0.3, -0.25) is 9.89 Å². The Balaban J connectivity index is 2.00. The molecule has 1 aliphatic rings. The summed E-state index contributed by atoms with van der Waals surface area (Å²) in [5, 5.41) is 18.2. The molecule has 2 aromatic carbocycles. The summed E-state index contributed by atoms with van der Waals surface area (Å²) in [4.78, 5) is 13.9. The van der Waals surface area contributed by atoms with Gasteiger partial charge >= 0.3 is 0 Å². The van der Waals surface area contributed by atoms with Crippen LogP contribution in [0.4, 0.5) is 11.4 Å². The van der Waals surface area contributed by atoms with Crippen LogP contribution in [0.25, 0.3) is 0 Å². The van der Waals surface area contributed by atoms with Crippen LogP contribution in [-0.4, -0.2) is 29.9 Å². The Bertz CT molecular complexity index is 990. The highest BCUT2D eigenvalue weighted by atomic mass is 15.6. The third-order valence-electron chi connectivity index (χ3n) is 4.86. The van der Waals surface area contributed by atoms with E-state index in [1.165, 1.54) is 0 Å². The number of guanidine groups is 2. The van der Waals surface area contributed by atoms with E-state index in [1.807, 2.05) is 41.3 Å². The van der Waals surface area contributed by atoms with E-state index >= 15 is 0 Å². The van der Waals surface area contributed by atoms with E-state index in [-0.39, 0.29) is 0 Å². The fourth-order valence-electron chi connectivity index (χ4n) is 3.14. The summed E-state index contributed by atoms with van der Waals surface area (Å²) in [6.07, 6.45) is 4.25. The lowest BCUT2D eigenvalue weighted by atomic mass is 10.2. The summed E-state index contributed by atoms with van der Waals surface area (Å²) in [6, 6.07) is 19.0. The molecule has 0 saturated carbocycles. The smallest absolute Gasteiger partial charge is 0.220 e. The summed E-state index contributed by atoms with van der Waals surface area (Å²) in [5.74, 6) is 1.71. The van der Waals surface area contributed by atoms with Crippen molar-refractivity contribution in [3.8, 4) is 12.1 Å². The maximum Gasteiger partial charge on any atom is 0.220 e. The minimum Gasteiger partial charge on any atom is -0.281 e. The van der Waals surface area contributed by atoms with E-state index in [1.54, 1.807) is 12.1 Å². The van der Waals surface area contributed by atoms with Gasteiger partial charge in [0.25, 0.3) is 0 Å². The molecule has 1 saturated heterocycles. The molecule has 1 aliphatic heterocycles. The van der Waals surface area contributed by atoms with Crippen LogP contribution >= 0.6 is 0 Å². The summed E-state index contributed by atoms with van der Waals surface area (Å²) in [6.45, 7) is 5.95. The maximum absolute atomic E-state index is 9.12. The van der Waals surface area contributed by atoms with Crippen molar-refractivity contribution in [1.82, 2.24) is 4.90 Å². The third kappa shape index (κ3) is 4.67. The number of nitriles is 2. The van der Waals surface area contributed by atoms with Gasteiger partial charge in [0.1, 0.15) is 0 Å². The highest BCUT2D eigenvalue weighted by Gasteiger charge is 2.39. The van der Waals surface area contributed by atoms with Crippen molar-refractivity contribution >= 4 is 23.3 Å². The highest BCUT2D eigenvalue weighted by Crippen LogP contribution is 2.29. The summed E-state index contributed by atoms with van der Waals surface area (Å²) < 4.78 is 0. The number of hydrogen-bond acceptors (Lipinski definition) is 4. The van der Waals surface area contributed by atoms with Gasteiger partial charge in [0, 0.05) is 13.1 Å². The predicted octanol–water partition coefficient (Wildman–Crippen LogP) is 5.20. The van der Waals surface area contributed by atoms with E-state index in [4.69, 9.17) is 20.5 Å². The molecule has 0 spiro atoms. The molecule has 0 aromatic heterocycles. The Kier molecular flexibility index (Phi) is 7.19. The van der Waals surface area contributed by atoms with Gasteiger partial charge in [0.15, 0.2) is 0 Å². The normalized spacial score (nSPS) is 15.7. The zero-order valence-electron chi connectivity index (χ0n) is 17.5. The molecule has 1 heterocycles. The molecule has 0 amide bonds. The molecule has 0 bridgehead atoms. The van der Waals surface area contributed by atoms with Crippen LogP contribution in [-0.2, 0) is 0 Å². The van der Waals surface area contributed by atoms with Crippen molar-refractivity contribution in [2.75, 3.05) is 18.0 Å². The molecule has 30 heavy (non-hydrogen) atoms. The van der Waals surface area contributed by atoms with Crippen molar-refractivity contribution < 1.29 is 0 Å². The average molecular weight is 399 g/mol. The lowest BCUT2D eigenvalue weighted by molar-refractivity contribution is 0.519. The molecule has 6 nitrogen and oxygen atoms in total. The molecule has 0 atom stereocenters. The molecule has 3 rings (SSSR count). The van der Waals surface area contributed by atoms with Gasteiger partial charge in [-0.25, -0.2) is 9.89 Å². The van der Waals surface area contributed by atoms with Crippen molar-refractivity contribution in [1.29, 1.82) is 10.5 Å². The van der Waals surface area contributed by atoms with E-state index in [9.17, 15) is 0 Å². The molecule has 2 aromatic rings. The monoisotopic (exact) mass is 398 g/mol. The summed E-state index contributed by atoms with van der Waals surface area (Å²) >= 11 is 0. The van der Waals surface area contributed by atoms with Gasteiger partial charge in [0.2, 0.25) is 11.9 Å². The summed E-state index contributed by atoms with van der Waals surface area (Å²) in [5.41, 5.74) is 2.96. The highest BCUT2D eigenvalue weighted by molar-refractivity contribution is 6.32. The third-order valence-corrected chi connectivity index (χ3v) is 4.86. The van der Waals surface area contributed by atoms with E-state index in [0.717, 1.165) is 62.1 Å². The number of rotatable bonds is 8. The molecule has 1 fully saturated rings. The fraction of sp³-hybridized carbons (Fsp3) is 0.333. The molecular formula is C24H26N6. The van der Waals surface area contributed by atoms with Crippen LogP contribution in [0.5, 0.6) is 0 Å².